The highest BCUT2D eigenvalue weighted by atomic mass is 19.3. The highest BCUT2D eigenvalue weighted by Gasteiger charge is 2.54. The summed E-state index contributed by atoms with van der Waals surface area (Å²) >= 11 is 0. The topological polar surface area (TPSA) is 66.8 Å². The highest BCUT2D eigenvalue weighted by molar-refractivity contribution is 5.89. The lowest BCUT2D eigenvalue weighted by atomic mass is 9.91. The molecule has 5 nitrogen and oxygen atoms in total. The second kappa shape index (κ2) is 10.8. The van der Waals surface area contributed by atoms with Crippen molar-refractivity contribution < 1.29 is 28.2 Å². The lowest BCUT2D eigenvalue weighted by Crippen LogP contribution is -2.41. The van der Waals surface area contributed by atoms with Crippen LogP contribution in [0.1, 0.15) is 68.3 Å². The first-order valence-electron chi connectivity index (χ1n) is 10.7. The standard InChI is InChI=1S/C23H33F2NO4/c1-4-5-6-7-19(27)14-16(2)20-15-23(24,25)22(29)26(20)13-12-17-8-10-18(11-9-17)21(28)30-3/h8-11,16,19-20,27H,4-7,12-15H2,1-3H3/t16?,19-,20+/m0/s1. The maximum Gasteiger partial charge on any atom is 0.337 e. The number of halogens is 2. The van der Waals surface area contributed by atoms with Crippen LogP contribution in [0.5, 0.6) is 0 Å². The zero-order valence-electron chi connectivity index (χ0n) is 18.1. The van der Waals surface area contributed by atoms with Gasteiger partial charge in [0, 0.05) is 19.0 Å². The van der Waals surface area contributed by atoms with Gasteiger partial charge in [-0.15, -0.1) is 0 Å². The van der Waals surface area contributed by atoms with Gasteiger partial charge >= 0.3 is 11.9 Å². The molecule has 0 aliphatic carbocycles. The first kappa shape index (κ1) is 24.3. The number of carbonyl (C=O) groups is 2. The number of amides is 1. The van der Waals surface area contributed by atoms with E-state index in [0.717, 1.165) is 24.8 Å². The molecule has 1 unspecified atom stereocenters. The van der Waals surface area contributed by atoms with E-state index in [-0.39, 0.29) is 12.5 Å². The molecule has 0 radical (unpaired) electrons. The number of nitrogens with zero attached hydrogens (tertiary/aromatic N) is 1. The normalized spacial score (nSPS) is 20.3. The van der Waals surface area contributed by atoms with Crippen molar-refractivity contribution in [1.29, 1.82) is 0 Å². The first-order valence-corrected chi connectivity index (χ1v) is 10.7. The molecular formula is C23H33F2NO4. The van der Waals surface area contributed by atoms with Gasteiger partial charge in [0.15, 0.2) is 0 Å². The van der Waals surface area contributed by atoms with Crippen LogP contribution in [0.4, 0.5) is 8.78 Å². The van der Waals surface area contributed by atoms with Crippen LogP contribution in [-0.2, 0) is 16.0 Å². The molecule has 0 saturated carbocycles. The average molecular weight is 426 g/mol. The number of aliphatic hydroxyl groups is 1. The number of likely N-dealkylation sites (tertiary alicyclic amines) is 1. The summed E-state index contributed by atoms with van der Waals surface area (Å²) in [7, 11) is 1.30. The zero-order valence-corrected chi connectivity index (χ0v) is 18.1. The molecule has 168 valence electrons. The van der Waals surface area contributed by atoms with Gasteiger partial charge in [-0.2, -0.15) is 8.78 Å². The summed E-state index contributed by atoms with van der Waals surface area (Å²) in [5.41, 5.74) is 1.25. The molecule has 1 N–H and O–H groups in total. The maximum atomic E-state index is 14.2. The van der Waals surface area contributed by atoms with Gasteiger partial charge in [-0.25, -0.2) is 4.79 Å². The Hall–Kier alpha value is -2.02. The Morgan fingerprint density at radius 3 is 2.57 bits per heavy atom. The quantitative estimate of drug-likeness (QED) is 0.426. The minimum absolute atomic E-state index is 0.174. The van der Waals surface area contributed by atoms with Crippen LogP contribution < -0.4 is 0 Å². The van der Waals surface area contributed by atoms with Gasteiger partial charge in [-0.05, 0) is 42.9 Å². The fourth-order valence-electron chi connectivity index (χ4n) is 4.11. The van der Waals surface area contributed by atoms with Crippen LogP contribution in [0.15, 0.2) is 24.3 Å². The molecule has 7 heteroatoms. The van der Waals surface area contributed by atoms with E-state index in [1.54, 1.807) is 24.3 Å². The summed E-state index contributed by atoms with van der Waals surface area (Å²) < 4.78 is 33.0. The van der Waals surface area contributed by atoms with E-state index in [1.807, 2.05) is 6.92 Å². The van der Waals surface area contributed by atoms with E-state index in [9.17, 15) is 23.5 Å². The van der Waals surface area contributed by atoms with E-state index < -0.39 is 36.4 Å². The number of hydrogen-bond acceptors (Lipinski definition) is 4. The fourth-order valence-corrected chi connectivity index (χ4v) is 4.11. The largest absolute Gasteiger partial charge is 0.465 e. The minimum Gasteiger partial charge on any atom is -0.465 e. The number of hydrogen-bond donors (Lipinski definition) is 1. The summed E-state index contributed by atoms with van der Waals surface area (Å²) in [6.07, 6.45) is 3.43. The predicted octanol–water partition coefficient (Wildman–Crippen LogP) is 4.22. The minimum atomic E-state index is -3.36. The number of unbranched alkanes of at least 4 members (excludes halogenated alkanes) is 2. The van der Waals surface area contributed by atoms with E-state index in [1.165, 1.54) is 12.0 Å². The Kier molecular flexibility index (Phi) is 8.77. The number of ether oxygens (including phenoxy) is 1. The summed E-state index contributed by atoms with van der Waals surface area (Å²) in [6.45, 7) is 4.09. The highest BCUT2D eigenvalue weighted by Crippen LogP contribution is 2.38. The monoisotopic (exact) mass is 425 g/mol. The molecule has 1 aliphatic rings. The summed E-state index contributed by atoms with van der Waals surface area (Å²) in [6, 6.07) is 6.12. The molecule has 1 amide bonds. The van der Waals surface area contributed by atoms with Crippen LogP contribution in [0.25, 0.3) is 0 Å². The predicted molar refractivity (Wildman–Crippen MR) is 110 cm³/mol. The molecule has 1 saturated heterocycles. The van der Waals surface area contributed by atoms with E-state index in [2.05, 4.69) is 11.7 Å². The van der Waals surface area contributed by atoms with Crippen molar-refractivity contribution in [3.63, 3.8) is 0 Å². The summed E-state index contributed by atoms with van der Waals surface area (Å²) in [5.74, 6) is -5.16. The molecule has 1 aliphatic heterocycles. The van der Waals surface area contributed by atoms with Gasteiger partial charge in [0.05, 0.1) is 18.8 Å². The van der Waals surface area contributed by atoms with Crippen molar-refractivity contribution in [3.8, 4) is 0 Å². The smallest absolute Gasteiger partial charge is 0.337 e. The SMILES string of the molecule is CCCCC[C@H](O)CC(C)[C@H]1CC(F)(F)C(=O)N1CCc1ccc(C(=O)OC)cc1. The number of rotatable bonds is 11. The Bertz CT molecular complexity index is 708. The van der Waals surface area contributed by atoms with E-state index in [4.69, 9.17) is 0 Å². The average Bonchev–Trinajstić information content (AvgIpc) is 2.95. The van der Waals surface area contributed by atoms with Crippen molar-refractivity contribution in [2.24, 2.45) is 5.92 Å². The molecule has 30 heavy (non-hydrogen) atoms. The third-order valence-corrected chi connectivity index (χ3v) is 5.90. The van der Waals surface area contributed by atoms with Crippen LogP contribution >= 0.6 is 0 Å². The Morgan fingerprint density at radius 2 is 1.97 bits per heavy atom. The number of aliphatic hydroxyl groups excluding tert-OH is 1. The second-order valence-corrected chi connectivity index (χ2v) is 8.28. The summed E-state index contributed by atoms with van der Waals surface area (Å²) in [5, 5.41) is 10.3. The second-order valence-electron chi connectivity index (χ2n) is 8.28. The molecule has 2 rings (SSSR count). The van der Waals surface area contributed by atoms with Gasteiger partial charge in [-0.1, -0.05) is 45.2 Å². The number of benzene rings is 1. The third-order valence-electron chi connectivity index (χ3n) is 5.90. The fraction of sp³-hybridized carbons (Fsp3) is 0.652. The zero-order chi connectivity index (χ0) is 22.3. The summed E-state index contributed by atoms with van der Waals surface area (Å²) in [4.78, 5) is 25.1. The van der Waals surface area contributed by atoms with Crippen molar-refractivity contribution in [2.75, 3.05) is 13.7 Å². The van der Waals surface area contributed by atoms with E-state index in [0.29, 0.717) is 24.8 Å². The number of methoxy groups -OCH3 is 1. The number of alkyl halides is 2. The lowest BCUT2D eigenvalue weighted by molar-refractivity contribution is -0.148. The van der Waals surface area contributed by atoms with Crippen molar-refractivity contribution in [1.82, 2.24) is 4.90 Å². The number of carbonyl (C=O) groups excluding carboxylic acids is 2. The molecule has 1 fully saturated rings. The molecular weight excluding hydrogens is 392 g/mol. The van der Waals surface area contributed by atoms with Gasteiger partial charge in [0.25, 0.3) is 5.91 Å². The Labute approximate surface area is 177 Å². The van der Waals surface area contributed by atoms with Gasteiger partial charge in [-0.3, -0.25) is 4.79 Å². The van der Waals surface area contributed by atoms with Crippen molar-refractivity contribution in [2.45, 2.75) is 76.9 Å². The van der Waals surface area contributed by atoms with Crippen LogP contribution in [0.3, 0.4) is 0 Å². The maximum absolute atomic E-state index is 14.2. The molecule has 0 bridgehead atoms. The molecule has 1 heterocycles. The third kappa shape index (κ3) is 6.24. The van der Waals surface area contributed by atoms with Gasteiger partial charge in [0.1, 0.15) is 0 Å². The van der Waals surface area contributed by atoms with Crippen molar-refractivity contribution in [3.05, 3.63) is 35.4 Å². The van der Waals surface area contributed by atoms with Crippen molar-refractivity contribution >= 4 is 11.9 Å². The van der Waals surface area contributed by atoms with Crippen LogP contribution in [-0.4, -0.2) is 53.6 Å². The first-order chi connectivity index (χ1) is 14.2. The molecule has 3 atom stereocenters. The Balaban J connectivity index is 2.00. The molecule has 0 spiro atoms. The van der Waals surface area contributed by atoms with E-state index >= 15 is 0 Å². The molecule has 0 aromatic heterocycles. The van der Waals surface area contributed by atoms with Crippen LogP contribution in [0.2, 0.25) is 0 Å². The Morgan fingerprint density at radius 1 is 1.30 bits per heavy atom. The van der Waals surface area contributed by atoms with Gasteiger partial charge in [0.2, 0.25) is 0 Å². The van der Waals surface area contributed by atoms with Gasteiger partial charge < -0.3 is 14.7 Å². The number of esters is 1. The lowest BCUT2D eigenvalue weighted by Gasteiger charge is -2.30. The molecule has 1 aromatic rings. The molecule has 1 aromatic carbocycles. The van der Waals surface area contributed by atoms with Crippen LogP contribution in [0, 0.1) is 5.92 Å².